The highest BCUT2D eigenvalue weighted by Gasteiger charge is 2.22. The van der Waals surface area contributed by atoms with Crippen LogP contribution in [0.15, 0.2) is 34.7 Å². The van der Waals surface area contributed by atoms with Gasteiger partial charge in [-0.05, 0) is 50.3 Å². The summed E-state index contributed by atoms with van der Waals surface area (Å²) in [5, 5.41) is 2.96. The third-order valence-corrected chi connectivity index (χ3v) is 4.30. The van der Waals surface area contributed by atoms with Crippen molar-refractivity contribution in [2.24, 2.45) is 0 Å². The van der Waals surface area contributed by atoms with Crippen molar-refractivity contribution in [2.45, 2.75) is 39.2 Å². The van der Waals surface area contributed by atoms with E-state index in [1.807, 2.05) is 18.2 Å². The topological polar surface area (TPSA) is 68.5 Å². The molecule has 0 saturated carbocycles. The monoisotopic (exact) mass is 327 g/mol. The Hall–Kier alpha value is -2.56. The van der Waals surface area contributed by atoms with Crippen molar-refractivity contribution in [2.75, 3.05) is 6.61 Å². The third kappa shape index (κ3) is 3.50. The molecule has 126 valence electrons. The second-order valence-corrected chi connectivity index (χ2v) is 6.11. The molecule has 0 aliphatic heterocycles. The molecule has 0 saturated heterocycles. The summed E-state index contributed by atoms with van der Waals surface area (Å²) in [6.07, 6.45) is 2.97. The van der Waals surface area contributed by atoms with E-state index in [9.17, 15) is 9.59 Å². The number of hydrogen-bond donors (Lipinski definition) is 1. The van der Waals surface area contributed by atoms with Gasteiger partial charge >= 0.3 is 5.97 Å². The van der Waals surface area contributed by atoms with Crippen molar-refractivity contribution in [3.63, 3.8) is 0 Å². The van der Waals surface area contributed by atoms with Gasteiger partial charge in [-0.25, -0.2) is 4.79 Å². The molecule has 24 heavy (non-hydrogen) atoms. The number of hydrogen-bond acceptors (Lipinski definition) is 4. The van der Waals surface area contributed by atoms with Gasteiger partial charge in [-0.15, -0.1) is 0 Å². The Bertz CT molecular complexity index is 762. The maximum Gasteiger partial charge on any atom is 0.342 e. The number of esters is 1. The molecule has 1 N–H and O–H groups in total. The molecule has 1 amide bonds. The average Bonchev–Trinajstić information content (AvgIpc) is 2.91. The van der Waals surface area contributed by atoms with Gasteiger partial charge in [0.1, 0.15) is 17.1 Å². The van der Waals surface area contributed by atoms with E-state index >= 15 is 0 Å². The van der Waals surface area contributed by atoms with E-state index in [-0.39, 0.29) is 18.6 Å². The number of aryl methyl sites for hydroxylation is 3. The molecular weight excluding hydrogens is 306 g/mol. The second kappa shape index (κ2) is 6.91. The van der Waals surface area contributed by atoms with E-state index in [4.69, 9.17) is 9.15 Å². The predicted octanol–water partition coefficient (Wildman–Crippen LogP) is 3.25. The van der Waals surface area contributed by atoms with Crippen LogP contribution in [0.5, 0.6) is 0 Å². The van der Waals surface area contributed by atoms with Crippen molar-refractivity contribution in [1.29, 1.82) is 0 Å². The standard InChI is InChI=1S/C19H21NO4/c1-12-10-16(13(2)24-12)19(22)23-11-18(21)20-17-9-5-7-14-6-3-4-8-15(14)17/h3-4,6,8,10,17H,5,7,9,11H2,1-2H3,(H,20,21)/t17-/m0/s1. The fourth-order valence-corrected chi connectivity index (χ4v) is 3.18. The number of benzene rings is 1. The summed E-state index contributed by atoms with van der Waals surface area (Å²) in [5.74, 6) is 0.313. The smallest absolute Gasteiger partial charge is 0.342 e. The molecule has 3 rings (SSSR count). The first-order valence-corrected chi connectivity index (χ1v) is 8.16. The first kappa shape index (κ1) is 16.3. The van der Waals surface area contributed by atoms with E-state index in [0.29, 0.717) is 17.1 Å². The van der Waals surface area contributed by atoms with Gasteiger partial charge in [0.2, 0.25) is 0 Å². The molecule has 5 nitrogen and oxygen atoms in total. The minimum absolute atomic E-state index is 0.0148. The fourth-order valence-electron chi connectivity index (χ4n) is 3.18. The highest BCUT2D eigenvalue weighted by molar-refractivity contribution is 5.92. The van der Waals surface area contributed by atoms with Gasteiger partial charge in [-0.1, -0.05) is 24.3 Å². The molecule has 5 heteroatoms. The summed E-state index contributed by atoms with van der Waals surface area (Å²) in [6.45, 7) is 3.17. The number of amides is 1. The maximum absolute atomic E-state index is 12.1. The Labute approximate surface area is 141 Å². The van der Waals surface area contributed by atoms with Gasteiger partial charge in [0.15, 0.2) is 6.61 Å². The van der Waals surface area contributed by atoms with Gasteiger partial charge in [0, 0.05) is 0 Å². The van der Waals surface area contributed by atoms with Crippen molar-refractivity contribution in [1.82, 2.24) is 5.32 Å². The van der Waals surface area contributed by atoms with Crippen LogP contribution in [0.2, 0.25) is 0 Å². The molecule has 1 aromatic heterocycles. The number of furan rings is 1. The zero-order valence-corrected chi connectivity index (χ0v) is 13.9. The molecule has 2 aromatic rings. The molecule has 0 spiro atoms. The first-order valence-electron chi connectivity index (χ1n) is 8.16. The normalized spacial score (nSPS) is 16.3. The van der Waals surface area contributed by atoms with Gasteiger partial charge < -0.3 is 14.5 Å². The van der Waals surface area contributed by atoms with Gasteiger partial charge in [0.25, 0.3) is 5.91 Å². The minimum atomic E-state index is -0.538. The van der Waals surface area contributed by atoms with Crippen LogP contribution in [0.4, 0.5) is 0 Å². The Kier molecular flexibility index (Phi) is 4.69. The van der Waals surface area contributed by atoms with Crippen molar-refractivity contribution in [3.05, 3.63) is 58.5 Å². The molecule has 1 aliphatic rings. The molecule has 1 heterocycles. The number of ether oxygens (including phenoxy) is 1. The summed E-state index contributed by atoms with van der Waals surface area (Å²) in [5.41, 5.74) is 2.79. The molecule has 0 bridgehead atoms. The lowest BCUT2D eigenvalue weighted by Gasteiger charge is -2.26. The van der Waals surface area contributed by atoms with Crippen LogP contribution in [0, 0.1) is 13.8 Å². The molecule has 1 aromatic carbocycles. The largest absolute Gasteiger partial charge is 0.466 e. The van der Waals surface area contributed by atoms with Crippen LogP contribution in [0.3, 0.4) is 0 Å². The van der Waals surface area contributed by atoms with Crippen molar-refractivity contribution < 1.29 is 18.7 Å². The minimum Gasteiger partial charge on any atom is -0.466 e. The number of fused-ring (bicyclic) bond motifs is 1. The second-order valence-electron chi connectivity index (χ2n) is 6.11. The predicted molar refractivity (Wildman–Crippen MR) is 88.7 cm³/mol. The molecule has 0 fully saturated rings. The molecule has 1 atom stereocenters. The highest BCUT2D eigenvalue weighted by atomic mass is 16.5. The van der Waals surface area contributed by atoms with Gasteiger partial charge in [0.05, 0.1) is 6.04 Å². The van der Waals surface area contributed by atoms with E-state index in [1.165, 1.54) is 5.56 Å². The summed E-state index contributed by atoms with van der Waals surface area (Å²) in [7, 11) is 0. The SMILES string of the molecule is Cc1cc(C(=O)OCC(=O)N[C@H]2CCCc3ccccc32)c(C)o1. The van der Waals surface area contributed by atoms with Crippen LogP contribution in [0.1, 0.15) is 51.9 Å². The number of rotatable bonds is 4. The van der Waals surface area contributed by atoms with E-state index in [0.717, 1.165) is 24.8 Å². The summed E-state index contributed by atoms with van der Waals surface area (Å²) < 4.78 is 10.4. The number of carbonyl (C=O) groups is 2. The Morgan fingerprint density at radius 1 is 1.29 bits per heavy atom. The number of nitrogens with one attached hydrogen (secondary N) is 1. The average molecular weight is 327 g/mol. The lowest BCUT2D eigenvalue weighted by atomic mass is 9.88. The number of carbonyl (C=O) groups excluding carboxylic acids is 2. The molecule has 0 unspecified atom stereocenters. The summed E-state index contributed by atoms with van der Waals surface area (Å²) in [4.78, 5) is 24.1. The van der Waals surface area contributed by atoms with E-state index in [2.05, 4.69) is 11.4 Å². The zero-order chi connectivity index (χ0) is 17.1. The highest BCUT2D eigenvalue weighted by Crippen LogP contribution is 2.29. The summed E-state index contributed by atoms with van der Waals surface area (Å²) >= 11 is 0. The van der Waals surface area contributed by atoms with E-state index in [1.54, 1.807) is 19.9 Å². The zero-order valence-electron chi connectivity index (χ0n) is 13.9. The Morgan fingerprint density at radius 3 is 2.83 bits per heavy atom. The lowest BCUT2D eigenvalue weighted by Crippen LogP contribution is -2.34. The van der Waals surface area contributed by atoms with Crippen LogP contribution in [0.25, 0.3) is 0 Å². The molecular formula is C19H21NO4. The Balaban J connectivity index is 1.57. The summed E-state index contributed by atoms with van der Waals surface area (Å²) in [6, 6.07) is 9.74. The van der Waals surface area contributed by atoms with Crippen LogP contribution >= 0.6 is 0 Å². The van der Waals surface area contributed by atoms with Crippen molar-refractivity contribution in [3.8, 4) is 0 Å². The first-order chi connectivity index (χ1) is 11.5. The lowest BCUT2D eigenvalue weighted by molar-refractivity contribution is -0.125. The van der Waals surface area contributed by atoms with Gasteiger partial charge in [-0.3, -0.25) is 4.79 Å². The van der Waals surface area contributed by atoms with Crippen LogP contribution in [-0.2, 0) is 16.0 Å². The van der Waals surface area contributed by atoms with Gasteiger partial charge in [-0.2, -0.15) is 0 Å². The van der Waals surface area contributed by atoms with Crippen molar-refractivity contribution >= 4 is 11.9 Å². The van der Waals surface area contributed by atoms with Crippen LogP contribution in [-0.4, -0.2) is 18.5 Å². The quantitative estimate of drug-likeness (QED) is 0.875. The maximum atomic E-state index is 12.1. The fraction of sp³-hybridized carbons (Fsp3) is 0.368. The third-order valence-electron chi connectivity index (χ3n) is 4.30. The Morgan fingerprint density at radius 2 is 2.08 bits per heavy atom. The molecule has 1 aliphatic carbocycles. The molecule has 0 radical (unpaired) electrons. The van der Waals surface area contributed by atoms with E-state index < -0.39 is 5.97 Å². The van der Waals surface area contributed by atoms with Crippen LogP contribution < -0.4 is 5.32 Å².